The fourth-order valence-corrected chi connectivity index (χ4v) is 2.94. The van der Waals surface area contributed by atoms with Gasteiger partial charge in [0.05, 0.1) is 23.6 Å². The molecule has 0 fully saturated rings. The van der Waals surface area contributed by atoms with E-state index in [0.29, 0.717) is 0 Å². The highest BCUT2D eigenvalue weighted by molar-refractivity contribution is 9.11. The standard InChI is InChI=1S/C13H14Br2N4/c1-2-3-18-13(11-8-16-4-5-17-11)12-10(15)6-9(14)7-19-12/h4-8,13,18H,2-3H2,1H3. The second-order valence-corrected chi connectivity index (χ2v) is 5.81. The van der Waals surface area contributed by atoms with Gasteiger partial charge in [0.1, 0.15) is 0 Å². The van der Waals surface area contributed by atoms with Crippen LogP contribution in [0.5, 0.6) is 0 Å². The van der Waals surface area contributed by atoms with Gasteiger partial charge in [-0.2, -0.15) is 0 Å². The van der Waals surface area contributed by atoms with Gasteiger partial charge in [0.15, 0.2) is 0 Å². The van der Waals surface area contributed by atoms with Crippen LogP contribution in [-0.4, -0.2) is 21.5 Å². The zero-order valence-electron chi connectivity index (χ0n) is 10.5. The molecule has 2 rings (SSSR count). The van der Waals surface area contributed by atoms with Crippen LogP contribution in [-0.2, 0) is 0 Å². The quantitative estimate of drug-likeness (QED) is 0.855. The Morgan fingerprint density at radius 1 is 1.21 bits per heavy atom. The van der Waals surface area contributed by atoms with Crippen LogP contribution in [0.2, 0.25) is 0 Å². The summed E-state index contributed by atoms with van der Waals surface area (Å²) < 4.78 is 1.89. The van der Waals surface area contributed by atoms with Gasteiger partial charge >= 0.3 is 0 Å². The van der Waals surface area contributed by atoms with E-state index in [1.807, 2.05) is 6.07 Å². The van der Waals surface area contributed by atoms with E-state index >= 15 is 0 Å². The molecule has 0 aliphatic carbocycles. The second kappa shape index (κ2) is 7.07. The SMILES string of the molecule is CCCNC(c1cnccn1)c1ncc(Br)cc1Br. The lowest BCUT2D eigenvalue weighted by atomic mass is 10.1. The maximum absolute atomic E-state index is 4.48. The number of rotatable bonds is 5. The van der Waals surface area contributed by atoms with Crippen LogP contribution >= 0.6 is 31.9 Å². The minimum Gasteiger partial charge on any atom is -0.304 e. The molecular formula is C13H14Br2N4. The Morgan fingerprint density at radius 2 is 2.05 bits per heavy atom. The zero-order valence-corrected chi connectivity index (χ0v) is 13.6. The molecule has 0 amide bonds. The molecule has 1 N–H and O–H groups in total. The van der Waals surface area contributed by atoms with Gasteiger partial charge < -0.3 is 5.32 Å². The summed E-state index contributed by atoms with van der Waals surface area (Å²) in [5, 5.41) is 3.45. The van der Waals surface area contributed by atoms with Gasteiger partial charge in [0.25, 0.3) is 0 Å². The Kier molecular flexibility index (Phi) is 5.42. The molecule has 0 bridgehead atoms. The predicted octanol–water partition coefficient (Wildman–Crippen LogP) is 3.49. The van der Waals surface area contributed by atoms with E-state index in [4.69, 9.17) is 0 Å². The zero-order chi connectivity index (χ0) is 13.7. The van der Waals surface area contributed by atoms with Gasteiger partial charge in [0, 0.05) is 27.5 Å². The highest BCUT2D eigenvalue weighted by atomic mass is 79.9. The average Bonchev–Trinajstić information content (AvgIpc) is 2.42. The van der Waals surface area contributed by atoms with E-state index in [0.717, 1.165) is 33.3 Å². The third-order valence-electron chi connectivity index (χ3n) is 2.59. The first-order chi connectivity index (χ1) is 9.22. The van der Waals surface area contributed by atoms with Crippen LogP contribution in [0.3, 0.4) is 0 Å². The molecule has 0 aromatic carbocycles. The third-order valence-corrected chi connectivity index (χ3v) is 3.66. The molecule has 0 aliphatic rings. The molecule has 6 heteroatoms. The van der Waals surface area contributed by atoms with Crippen molar-refractivity contribution >= 4 is 31.9 Å². The summed E-state index contributed by atoms with van der Waals surface area (Å²) in [5.74, 6) is 0. The molecular weight excluding hydrogens is 372 g/mol. The minimum atomic E-state index is -0.0591. The first kappa shape index (κ1) is 14.6. The lowest BCUT2D eigenvalue weighted by Crippen LogP contribution is -2.25. The summed E-state index contributed by atoms with van der Waals surface area (Å²) in [7, 11) is 0. The fourth-order valence-electron chi connectivity index (χ4n) is 1.73. The van der Waals surface area contributed by atoms with Crippen LogP contribution < -0.4 is 5.32 Å². The van der Waals surface area contributed by atoms with Crippen molar-refractivity contribution in [2.75, 3.05) is 6.54 Å². The van der Waals surface area contributed by atoms with E-state index in [2.05, 4.69) is 59.1 Å². The summed E-state index contributed by atoms with van der Waals surface area (Å²) in [6, 6.07) is 1.93. The Hall–Kier alpha value is -0.850. The van der Waals surface area contributed by atoms with Crippen molar-refractivity contribution in [1.82, 2.24) is 20.3 Å². The van der Waals surface area contributed by atoms with Crippen molar-refractivity contribution in [3.05, 3.63) is 51.2 Å². The maximum Gasteiger partial charge on any atom is 0.0952 e. The predicted molar refractivity (Wildman–Crippen MR) is 81.8 cm³/mol. The molecule has 0 saturated carbocycles. The van der Waals surface area contributed by atoms with Gasteiger partial charge in [-0.3, -0.25) is 15.0 Å². The van der Waals surface area contributed by atoms with E-state index in [-0.39, 0.29) is 6.04 Å². The first-order valence-electron chi connectivity index (χ1n) is 6.02. The molecule has 0 aliphatic heterocycles. The van der Waals surface area contributed by atoms with Crippen molar-refractivity contribution in [3.8, 4) is 0 Å². The Labute approximate surface area is 129 Å². The van der Waals surface area contributed by atoms with Gasteiger partial charge in [0.2, 0.25) is 0 Å². The normalized spacial score (nSPS) is 12.4. The Balaban J connectivity index is 2.37. The van der Waals surface area contributed by atoms with E-state index < -0.39 is 0 Å². The smallest absolute Gasteiger partial charge is 0.0952 e. The lowest BCUT2D eigenvalue weighted by Gasteiger charge is -2.18. The van der Waals surface area contributed by atoms with E-state index in [1.165, 1.54) is 0 Å². The largest absolute Gasteiger partial charge is 0.304 e. The van der Waals surface area contributed by atoms with Crippen molar-refractivity contribution in [1.29, 1.82) is 0 Å². The maximum atomic E-state index is 4.48. The average molecular weight is 386 g/mol. The van der Waals surface area contributed by atoms with Crippen molar-refractivity contribution in [2.45, 2.75) is 19.4 Å². The van der Waals surface area contributed by atoms with Gasteiger partial charge in [-0.15, -0.1) is 0 Å². The number of hydrogen-bond acceptors (Lipinski definition) is 4. The van der Waals surface area contributed by atoms with Crippen LogP contribution in [0.4, 0.5) is 0 Å². The summed E-state index contributed by atoms with van der Waals surface area (Å²) in [5.41, 5.74) is 1.78. The highest BCUT2D eigenvalue weighted by Crippen LogP contribution is 2.27. The highest BCUT2D eigenvalue weighted by Gasteiger charge is 2.19. The molecule has 100 valence electrons. The minimum absolute atomic E-state index is 0.0591. The molecule has 0 radical (unpaired) electrons. The number of aromatic nitrogens is 3. The number of halogens is 2. The molecule has 2 heterocycles. The second-order valence-electron chi connectivity index (χ2n) is 4.04. The monoisotopic (exact) mass is 384 g/mol. The van der Waals surface area contributed by atoms with Crippen LogP contribution in [0.1, 0.15) is 30.8 Å². The van der Waals surface area contributed by atoms with Crippen LogP contribution in [0.25, 0.3) is 0 Å². The molecule has 19 heavy (non-hydrogen) atoms. The van der Waals surface area contributed by atoms with Gasteiger partial charge in [-0.25, -0.2) is 0 Å². The lowest BCUT2D eigenvalue weighted by molar-refractivity contribution is 0.570. The van der Waals surface area contributed by atoms with Crippen molar-refractivity contribution in [2.24, 2.45) is 0 Å². The van der Waals surface area contributed by atoms with Gasteiger partial charge in [-0.1, -0.05) is 6.92 Å². The molecule has 4 nitrogen and oxygen atoms in total. The van der Waals surface area contributed by atoms with Crippen LogP contribution in [0.15, 0.2) is 39.8 Å². The number of nitrogens with zero attached hydrogens (tertiary/aromatic N) is 3. The van der Waals surface area contributed by atoms with E-state index in [1.54, 1.807) is 24.8 Å². The van der Waals surface area contributed by atoms with Crippen molar-refractivity contribution < 1.29 is 0 Å². The summed E-state index contributed by atoms with van der Waals surface area (Å²) in [6.45, 7) is 3.02. The van der Waals surface area contributed by atoms with Crippen molar-refractivity contribution in [3.63, 3.8) is 0 Å². The molecule has 0 spiro atoms. The Morgan fingerprint density at radius 3 is 2.68 bits per heavy atom. The van der Waals surface area contributed by atoms with Crippen LogP contribution in [0, 0.1) is 0 Å². The van der Waals surface area contributed by atoms with E-state index in [9.17, 15) is 0 Å². The summed E-state index contributed by atoms with van der Waals surface area (Å²) in [6.07, 6.45) is 7.97. The number of pyridine rings is 1. The molecule has 2 aromatic rings. The Bertz CT molecular complexity index is 533. The molecule has 1 unspecified atom stereocenters. The first-order valence-corrected chi connectivity index (χ1v) is 7.61. The summed E-state index contributed by atoms with van der Waals surface area (Å²) >= 11 is 6.97. The third kappa shape index (κ3) is 3.81. The van der Waals surface area contributed by atoms with Gasteiger partial charge in [-0.05, 0) is 50.9 Å². The molecule has 2 aromatic heterocycles. The summed E-state index contributed by atoms with van der Waals surface area (Å²) in [4.78, 5) is 13.0. The molecule has 0 saturated heterocycles. The molecule has 1 atom stereocenters. The topological polar surface area (TPSA) is 50.7 Å². The number of nitrogens with one attached hydrogen (secondary N) is 1. The fraction of sp³-hybridized carbons (Fsp3) is 0.308. The number of hydrogen-bond donors (Lipinski definition) is 1.